The quantitative estimate of drug-likeness (QED) is 0.925. The Bertz CT molecular complexity index is 502. The van der Waals surface area contributed by atoms with Crippen molar-refractivity contribution in [2.75, 3.05) is 20.7 Å². The lowest BCUT2D eigenvalue weighted by molar-refractivity contribution is -0.134. The zero-order valence-electron chi connectivity index (χ0n) is 13.5. The molecule has 1 amide bonds. The molecule has 21 heavy (non-hydrogen) atoms. The van der Waals surface area contributed by atoms with Crippen LogP contribution in [0.2, 0.25) is 0 Å². The third-order valence-electron chi connectivity index (χ3n) is 4.26. The Morgan fingerprint density at radius 1 is 1.48 bits per heavy atom. The van der Waals surface area contributed by atoms with E-state index in [-0.39, 0.29) is 11.9 Å². The monoisotopic (exact) mass is 290 g/mol. The fourth-order valence-corrected chi connectivity index (χ4v) is 2.98. The van der Waals surface area contributed by atoms with E-state index in [1.54, 1.807) is 12.0 Å². The van der Waals surface area contributed by atoms with E-state index in [1.807, 2.05) is 19.2 Å². The lowest BCUT2D eigenvalue weighted by Crippen LogP contribution is -2.51. The summed E-state index contributed by atoms with van der Waals surface area (Å²) in [5.41, 5.74) is 2.23. The molecule has 0 radical (unpaired) electrons. The average Bonchev–Trinajstić information content (AvgIpc) is 2.47. The number of carbonyl (C=O) groups excluding carboxylic acids is 1. The number of piperidine rings is 1. The van der Waals surface area contributed by atoms with Gasteiger partial charge in [-0.2, -0.15) is 0 Å². The van der Waals surface area contributed by atoms with Gasteiger partial charge in [-0.3, -0.25) is 4.79 Å². The first-order valence-corrected chi connectivity index (χ1v) is 7.64. The van der Waals surface area contributed by atoms with Crippen LogP contribution >= 0.6 is 0 Å². The molecule has 1 heterocycles. The number of likely N-dealkylation sites (N-methyl/N-ethyl adjacent to an activating group) is 1. The van der Waals surface area contributed by atoms with E-state index in [1.165, 1.54) is 5.56 Å². The molecular formula is C17H26N2O2. The van der Waals surface area contributed by atoms with Crippen LogP contribution in [0.4, 0.5) is 0 Å². The van der Waals surface area contributed by atoms with Crippen LogP contribution in [0, 0.1) is 12.8 Å². The van der Waals surface area contributed by atoms with Crippen molar-refractivity contribution < 1.29 is 9.53 Å². The molecule has 1 aromatic rings. The molecule has 1 aromatic carbocycles. The number of hydrogen-bond donors (Lipinski definition) is 1. The topological polar surface area (TPSA) is 41.6 Å². The van der Waals surface area contributed by atoms with Crippen LogP contribution in [-0.2, 0) is 11.3 Å². The van der Waals surface area contributed by atoms with E-state index < -0.39 is 0 Å². The fraction of sp³-hybridized carbons (Fsp3) is 0.588. The third kappa shape index (κ3) is 3.76. The Morgan fingerprint density at radius 3 is 2.90 bits per heavy atom. The Hall–Kier alpha value is -1.55. The van der Waals surface area contributed by atoms with Gasteiger partial charge in [-0.05, 0) is 38.3 Å². The number of methoxy groups -OCH3 is 1. The van der Waals surface area contributed by atoms with Gasteiger partial charge in [0.25, 0.3) is 0 Å². The summed E-state index contributed by atoms with van der Waals surface area (Å²) in [4.78, 5) is 14.4. The van der Waals surface area contributed by atoms with Crippen LogP contribution in [0.15, 0.2) is 18.2 Å². The Labute approximate surface area is 127 Å². The SMILES string of the molecule is COc1ccc(C)cc1CN(C)C(=O)C1NCCCC1C. The molecule has 1 saturated heterocycles. The van der Waals surface area contributed by atoms with Crippen LogP contribution in [0.3, 0.4) is 0 Å². The van der Waals surface area contributed by atoms with E-state index in [0.717, 1.165) is 30.7 Å². The highest BCUT2D eigenvalue weighted by Crippen LogP contribution is 2.23. The number of aryl methyl sites for hydroxylation is 1. The van der Waals surface area contributed by atoms with Crippen molar-refractivity contribution >= 4 is 5.91 Å². The molecule has 0 saturated carbocycles. The van der Waals surface area contributed by atoms with Gasteiger partial charge >= 0.3 is 0 Å². The highest BCUT2D eigenvalue weighted by Gasteiger charge is 2.29. The van der Waals surface area contributed by atoms with Crippen molar-refractivity contribution in [3.05, 3.63) is 29.3 Å². The van der Waals surface area contributed by atoms with Crippen LogP contribution in [0.25, 0.3) is 0 Å². The minimum absolute atomic E-state index is 0.0560. The molecular weight excluding hydrogens is 264 g/mol. The summed E-state index contributed by atoms with van der Waals surface area (Å²) in [5.74, 6) is 1.41. The molecule has 2 unspecified atom stereocenters. The largest absolute Gasteiger partial charge is 0.496 e. The maximum absolute atomic E-state index is 12.6. The second-order valence-corrected chi connectivity index (χ2v) is 6.06. The number of amides is 1. The molecule has 0 bridgehead atoms. The first-order valence-electron chi connectivity index (χ1n) is 7.64. The van der Waals surface area contributed by atoms with E-state index in [9.17, 15) is 4.79 Å². The summed E-state index contributed by atoms with van der Waals surface area (Å²) in [6.45, 7) is 5.71. The van der Waals surface area contributed by atoms with Gasteiger partial charge in [-0.15, -0.1) is 0 Å². The predicted molar refractivity (Wildman–Crippen MR) is 84.4 cm³/mol. The minimum Gasteiger partial charge on any atom is -0.496 e. The standard InChI is InChI=1S/C17H26N2O2/c1-12-7-8-15(21-4)14(10-12)11-19(3)17(20)16-13(2)6-5-9-18-16/h7-8,10,13,16,18H,5-6,9,11H2,1-4H3. The number of nitrogens with zero attached hydrogens (tertiary/aromatic N) is 1. The number of nitrogens with one attached hydrogen (secondary N) is 1. The lowest BCUT2D eigenvalue weighted by atomic mass is 9.92. The molecule has 0 spiro atoms. The lowest BCUT2D eigenvalue weighted by Gasteiger charge is -2.32. The summed E-state index contributed by atoms with van der Waals surface area (Å²) in [6.07, 6.45) is 2.27. The summed E-state index contributed by atoms with van der Waals surface area (Å²) in [5, 5.41) is 3.35. The highest BCUT2D eigenvalue weighted by molar-refractivity contribution is 5.82. The summed E-state index contributed by atoms with van der Waals surface area (Å²) in [6, 6.07) is 6.01. The smallest absolute Gasteiger partial charge is 0.240 e. The average molecular weight is 290 g/mol. The minimum atomic E-state index is -0.0560. The van der Waals surface area contributed by atoms with Crippen molar-refractivity contribution in [1.82, 2.24) is 10.2 Å². The van der Waals surface area contributed by atoms with E-state index in [4.69, 9.17) is 4.74 Å². The Morgan fingerprint density at radius 2 is 2.24 bits per heavy atom. The maximum Gasteiger partial charge on any atom is 0.240 e. The predicted octanol–water partition coefficient (Wildman–Crippen LogP) is 2.35. The van der Waals surface area contributed by atoms with Gasteiger partial charge in [0.05, 0.1) is 13.2 Å². The number of rotatable bonds is 4. The highest BCUT2D eigenvalue weighted by atomic mass is 16.5. The number of ether oxygens (including phenoxy) is 1. The Kier molecular flexibility index (Phi) is 5.23. The van der Waals surface area contributed by atoms with Crippen LogP contribution in [0.1, 0.15) is 30.9 Å². The van der Waals surface area contributed by atoms with E-state index >= 15 is 0 Å². The molecule has 1 aliphatic heterocycles. The first kappa shape index (κ1) is 15.8. The van der Waals surface area contributed by atoms with Crippen molar-refractivity contribution in [1.29, 1.82) is 0 Å². The number of carbonyl (C=O) groups is 1. The van der Waals surface area contributed by atoms with E-state index in [2.05, 4.69) is 25.2 Å². The van der Waals surface area contributed by atoms with Crippen molar-refractivity contribution in [2.45, 2.75) is 39.3 Å². The first-order chi connectivity index (χ1) is 10.0. The molecule has 0 aromatic heterocycles. The molecule has 1 aliphatic rings. The molecule has 4 nitrogen and oxygen atoms in total. The maximum atomic E-state index is 12.6. The van der Waals surface area contributed by atoms with Gasteiger partial charge < -0.3 is 15.0 Å². The Balaban J connectivity index is 2.08. The molecule has 2 atom stereocenters. The molecule has 1 fully saturated rings. The van der Waals surface area contributed by atoms with Crippen molar-refractivity contribution in [3.63, 3.8) is 0 Å². The van der Waals surface area contributed by atoms with Crippen LogP contribution < -0.4 is 10.1 Å². The normalized spacial score (nSPS) is 21.9. The second kappa shape index (κ2) is 6.94. The van der Waals surface area contributed by atoms with E-state index in [0.29, 0.717) is 12.5 Å². The van der Waals surface area contributed by atoms with Crippen molar-refractivity contribution in [3.8, 4) is 5.75 Å². The van der Waals surface area contributed by atoms with Crippen molar-refractivity contribution in [2.24, 2.45) is 5.92 Å². The van der Waals surface area contributed by atoms with Gasteiger partial charge in [-0.25, -0.2) is 0 Å². The molecule has 1 N–H and O–H groups in total. The van der Waals surface area contributed by atoms with Gasteiger partial charge in [0.1, 0.15) is 5.75 Å². The fourth-order valence-electron chi connectivity index (χ4n) is 2.98. The van der Waals surface area contributed by atoms with Gasteiger partial charge in [0.15, 0.2) is 0 Å². The summed E-state index contributed by atoms with van der Waals surface area (Å²) in [7, 11) is 3.54. The molecule has 4 heteroatoms. The van der Waals surface area contributed by atoms with Gasteiger partial charge in [-0.1, -0.05) is 24.6 Å². The third-order valence-corrected chi connectivity index (χ3v) is 4.26. The van der Waals surface area contributed by atoms with Gasteiger partial charge in [0, 0.05) is 19.2 Å². The molecule has 0 aliphatic carbocycles. The van der Waals surface area contributed by atoms with Crippen LogP contribution in [0.5, 0.6) is 5.75 Å². The second-order valence-electron chi connectivity index (χ2n) is 6.06. The zero-order valence-corrected chi connectivity index (χ0v) is 13.5. The van der Waals surface area contributed by atoms with Crippen LogP contribution in [-0.4, -0.2) is 37.6 Å². The summed E-state index contributed by atoms with van der Waals surface area (Å²) < 4.78 is 5.39. The molecule has 2 rings (SSSR count). The zero-order chi connectivity index (χ0) is 15.4. The number of hydrogen-bond acceptors (Lipinski definition) is 3. The molecule has 116 valence electrons. The summed E-state index contributed by atoms with van der Waals surface area (Å²) >= 11 is 0. The number of benzene rings is 1. The van der Waals surface area contributed by atoms with Gasteiger partial charge in [0.2, 0.25) is 5.91 Å².